The summed E-state index contributed by atoms with van der Waals surface area (Å²) in [6, 6.07) is 0.271. The van der Waals surface area contributed by atoms with Crippen LogP contribution in [0.15, 0.2) is 12.4 Å². The summed E-state index contributed by atoms with van der Waals surface area (Å²) in [5, 5.41) is 0. The molecule has 2 rings (SSSR count). The van der Waals surface area contributed by atoms with Gasteiger partial charge in [-0.1, -0.05) is 0 Å². The Morgan fingerprint density at radius 3 is 2.62 bits per heavy atom. The van der Waals surface area contributed by atoms with Crippen molar-refractivity contribution >= 4 is 5.69 Å². The molecule has 1 atom stereocenters. The molecule has 1 unspecified atom stereocenters. The van der Waals surface area contributed by atoms with E-state index in [1.807, 2.05) is 0 Å². The molecule has 5 nitrogen and oxygen atoms in total. The molecule has 0 radical (unpaired) electrons. The molecule has 0 spiro atoms. The summed E-state index contributed by atoms with van der Waals surface area (Å²) in [7, 11) is 4.27. The second kappa shape index (κ2) is 4.76. The summed E-state index contributed by atoms with van der Waals surface area (Å²) in [6.07, 6.45) is 4.56. The highest BCUT2D eigenvalue weighted by molar-refractivity contribution is 5.30. The van der Waals surface area contributed by atoms with Gasteiger partial charge < -0.3 is 10.6 Å². The molecule has 88 valence electrons. The van der Waals surface area contributed by atoms with Crippen LogP contribution in [0.2, 0.25) is 0 Å². The second-order valence-corrected chi connectivity index (χ2v) is 4.49. The average molecular weight is 221 g/mol. The molecule has 1 aromatic rings. The zero-order chi connectivity index (χ0) is 11.5. The SMILES string of the molecule is CN1CCCN(C)C(c2ncc(N)cn2)C1. The van der Waals surface area contributed by atoms with Gasteiger partial charge in [0.1, 0.15) is 5.82 Å². The van der Waals surface area contributed by atoms with Crippen LogP contribution in [0, 0.1) is 0 Å². The van der Waals surface area contributed by atoms with E-state index in [9.17, 15) is 0 Å². The van der Waals surface area contributed by atoms with Gasteiger partial charge in [0.25, 0.3) is 0 Å². The molecule has 16 heavy (non-hydrogen) atoms. The third kappa shape index (κ3) is 2.48. The van der Waals surface area contributed by atoms with Crippen molar-refractivity contribution < 1.29 is 0 Å². The van der Waals surface area contributed by atoms with E-state index in [1.54, 1.807) is 12.4 Å². The molecular weight excluding hydrogens is 202 g/mol. The molecule has 1 aliphatic heterocycles. The molecule has 2 heterocycles. The highest BCUT2D eigenvalue weighted by Crippen LogP contribution is 2.19. The van der Waals surface area contributed by atoms with E-state index in [-0.39, 0.29) is 6.04 Å². The number of anilines is 1. The number of hydrogen-bond acceptors (Lipinski definition) is 5. The standard InChI is InChI=1S/C11H19N5/c1-15-4-3-5-16(2)10(8-15)11-13-6-9(12)7-14-11/h6-7,10H,3-5,8,12H2,1-2H3. The van der Waals surface area contributed by atoms with Crippen LogP contribution in [0.3, 0.4) is 0 Å². The number of aromatic nitrogens is 2. The largest absolute Gasteiger partial charge is 0.396 e. The Bertz CT molecular complexity index is 337. The molecule has 0 aromatic carbocycles. The molecule has 1 saturated heterocycles. The molecule has 0 amide bonds. The highest BCUT2D eigenvalue weighted by Gasteiger charge is 2.23. The van der Waals surface area contributed by atoms with Crippen molar-refractivity contribution in [3.63, 3.8) is 0 Å². The third-order valence-corrected chi connectivity index (χ3v) is 3.06. The van der Waals surface area contributed by atoms with Crippen LogP contribution in [0.5, 0.6) is 0 Å². The average Bonchev–Trinajstić information content (AvgIpc) is 2.42. The minimum atomic E-state index is 0.271. The number of nitrogens with two attached hydrogens (primary N) is 1. The number of nitrogen functional groups attached to an aromatic ring is 1. The van der Waals surface area contributed by atoms with Crippen LogP contribution in [0.4, 0.5) is 5.69 Å². The van der Waals surface area contributed by atoms with Gasteiger partial charge in [-0.05, 0) is 33.6 Å². The number of nitrogens with zero attached hydrogens (tertiary/aromatic N) is 4. The monoisotopic (exact) mass is 221 g/mol. The van der Waals surface area contributed by atoms with Gasteiger partial charge >= 0.3 is 0 Å². The summed E-state index contributed by atoms with van der Waals surface area (Å²) in [4.78, 5) is 13.3. The molecule has 1 aromatic heterocycles. The van der Waals surface area contributed by atoms with E-state index in [2.05, 4.69) is 33.9 Å². The van der Waals surface area contributed by atoms with E-state index < -0.39 is 0 Å². The van der Waals surface area contributed by atoms with Crippen molar-refractivity contribution in [1.82, 2.24) is 19.8 Å². The third-order valence-electron chi connectivity index (χ3n) is 3.06. The van der Waals surface area contributed by atoms with Crippen molar-refractivity contribution in [3.8, 4) is 0 Å². The van der Waals surface area contributed by atoms with Crippen molar-refractivity contribution in [2.45, 2.75) is 12.5 Å². The van der Waals surface area contributed by atoms with Gasteiger partial charge in [0, 0.05) is 6.54 Å². The van der Waals surface area contributed by atoms with E-state index in [1.165, 1.54) is 6.42 Å². The first kappa shape index (κ1) is 11.3. The van der Waals surface area contributed by atoms with Crippen LogP contribution in [0.1, 0.15) is 18.3 Å². The lowest BCUT2D eigenvalue weighted by Gasteiger charge is -2.25. The summed E-state index contributed by atoms with van der Waals surface area (Å²) >= 11 is 0. The molecule has 0 aliphatic carbocycles. The molecule has 2 N–H and O–H groups in total. The first-order valence-electron chi connectivity index (χ1n) is 5.63. The number of likely N-dealkylation sites (N-methyl/N-ethyl adjacent to an activating group) is 2. The smallest absolute Gasteiger partial charge is 0.146 e. The lowest BCUT2D eigenvalue weighted by atomic mass is 10.2. The summed E-state index contributed by atoms with van der Waals surface area (Å²) in [5.41, 5.74) is 6.22. The van der Waals surface area contributed by atoms with Crippen molar-refractivity contribution in [1.29, 1.82) is 0 Å². The van der Waals surface area contributed by atoms with Crippen LogP contribution in [-0.4, -0.2) is 53.5 Å². The summed E-state index contributed by atoms with van der Waals surface area (Å²) < 4.78 is 0. The lowest BCUT2D eigenvalue weighted by Crippen LogP contribution is -2.31. The van der Waals surface area contributed by atoms with Crippen LogP contribution in [-0.2, 0) is 0 Å². The van der Waals surface area contributed by atoms with Gasteiger partial charge in [0.15, 0.2) is 0 Å². The predicted octanol–water partition coefficient (Wildman–Crippen LogP) is 0.367. The summed E-state index contributed by atoms with van der Waals surface area (Å²) in [6.45, 7) is 3.19. The molecule has 1 aliphatic rings. The fourth-order valence-electron chi connectivity index (χ4n) is 2.07. The Labute approximate surface area is 96.3 Å². The highest BCUT2D eigenvalue weighted by atomic mass is 15.2. The Hall–Kier alpha value is -1.20. The van der Waals surface area contributed by atoms with Crippen molar-refractivity contribution in [2.75, 3.05) is 39.5 Å². The van der Waals surface area contributed by atoms with Gasteiger partial charge in [-0.25, -0.2) is 9.97 Å². The van der Waals surface area contributed by atoms with E-state index in [0.29, 0.717) is 5.69 Å². The molecule has 0 saturated carbocycles. The van der Waals surface area contributed by atoms with Crippen molar-refractivity contribution in [2.24, 2.45) is 0 Å². The maximum absolute atomic E-state index is 5.60. The van der Waals surface area contributed by atoms with Gasteiger partial charge in [0.2, 0.25) is 0 Å². The van der Waals surface area contributed by atoms with E-state index in [4.69, 9.17) is 5.73 Å². The first-order valence-corrected chi connectivity index (χ1v) is 5.63. The Kier molecular flexibility index (Phi) is 3.36. The predicted molar refractivity (Wildman–Crippen MR) is 63.9 cm³/mol. The molecule has 0 bridgehead atoms. The van der Waals surface area contributed by atoms with Crippen LogP contribution in [0.25, 0.3) is 0 Å². The zero-order valence-electron chi connectivity index (χ0n) is 9.93. The fraction of sp³-hybridized carbons (Fsp3) is 0.636. The van der Waals surface area contributed by atoms with E-state index in [0.717, 1.165) is 25.5 Å². The fourth-order valence-corrected chi connectivity index (χ4v) is 2.07. The van der Waals surface area contributed by atoms with Gasteiger partial charge in [-0.2, -0.15) is 0 Å². The Morgan fingerprint density at radius 2 is 1.94 bits per heavy atom. The Balaban J connectivity index is 2.19. The lowest BCUT2D eigenvalue weighted by molar-refractivity contribution is 0.219. The number of hydrogen-bond donors (Lipinski definition) is 1. The first-order chi connectivity index (χ1) is 7.66. The van der Waals surface area contributed by atoms with Crippen LogP contribution >= 0.6 is 0 Å². The quantitative estimate of drug-likeness (QED) is 0.742. The topological polar surface area (TPSA) is 58.3 Å². The second-order valence-electron chi connectivity index (χ2n) is 4.49. The molecule has 1 fully saturated rings. The minimum Gasteiger partial charge on any atom is -0.396 e. The maximum atomic E-state index is 5.60. The minimum absolute atomic E-state index is 0.271. The van der Waals surface area contributed by atoms with Gasteiger partial charge in [0.05, 0.1) is 24.1 Å². The molecule has 5 heteroatoms. The Morgan fingerprint density at radius 1 is 1.25 bits per heavy atom. The maximum Gasteiger partial charge on any atom is 0.146 e. The van der Waals surface area contributed by atoms with E-state index >= 15 is 0 Å². The van der Waals surface area contributed by atoms with Gasteiger partial charge in [-0.15, -0.1) is 0 Å². The zero-order valence-corrected chi connectivity index (χ0v) is 9.93. The van der Waals surface area contributed by atoms with Crippen molar-refractivity contribution in [3.05, 3.63) is 18.2 Å². The summed E-state index contributed by atoms with van der Waals surface area (Å²) in [5.74, 6) is 0.866. The van der Waals surface area contributed by atoms with Gasteiger partial charge in [-0.3, -0.25) is 4.90 Å². The normalized spacial score (nSPS) is 24.2. The molecular formula is C11H19N5. The van der Waals surface area contributed by atoms with Crippen LogP contribution < -0.4 is 5.73 Å². The number of rotatable bonds is 1.